The van der Waals surface area contributed by atoms with Gasteiger partial charge in [0.25, 0.3) is 0 Å². The molecule has 0 bridgehead atoms. The van der Waals surface area contributed by atoms with Crippen LogP contribution >= 0.6 is 0 Å². The number of hydrogen-bond acceptors (Lipinski definition) is 4. The summed E-state index contributed by atoms with van der Waals surface area (Å²) in [5.41, 5.74) is 1.92. The Kier molecular flexibility index (Phi) is 5.44. The minimum absolute atomic E-state index is 0.0355. The molecule has 0 unspecified atom stereocenters. The predicted molar refractivity (Wildman–Crippen MR) is 97.8 cm³/mol. The van der Waals surface area contributed by atoms with Gasteiger partial charge >= 0.3 is 5.76 Å². The Bertz CT molecular complexity index is 852. The van der Waals surface area contributed by atoms with E-state index in [2.05, 4.69) is 4.98 Å². The largest absolute Gasteiger partial charge is 0.417 e. The highest BCUT2D eigenvalue weighted by Gasteiger charge is 2.22. The number of hydrogen-bond donors (Lipinski definition) is 1. The molecule has 0 spiro atoms. The maximum Gasteiger partial charge on any atom is 0.417 e. The van der Waals surface area contributed by atoms with E-state index in [0.717, 1.165) is 12.0 Å². The van der Waals surface area contributed by atoms with Crippen LogP contribution in [0.15, 0.2) is 27.4 Å². The Labute approximate surface area is 152 Å². The molecule has 0 atom stereocenters. The second-order valence-electron chi connectivity index (χ2n) is 7.23. The van der Waals surface area contributed by atoms with Crippen LogP contribution in [0.25, 0.3) is 11.1 Å². The van der Waals surface area contributed by atoms with Crippen molar-refractivity contribution < 1.29 is 14.0 Å². The number of fused-ring (bicyclic) bond motifs is 1. The van der Waals surface area contributed by atoms with Crippen LogP contribution in [-0.2, 0) is 16.0 Å². The summed E-state index contributed by atoms with van der Waals surface area (Å²) in [4.78, 5) is 42.4. The summed E-state index contributed by atoms with van der Waals surface area (Å²) in [7, 11) is 0. The lowest BCUT2D eigenvalue weighted by Gasteiger charge is -2.23. The van der Waals surface area contributed by atoms with E-state index in [1.165, 1.54) is 0 Å². The molecule has 1 aromatic heterocycles. The number of oxazole rings is 1. The van der Waals surface area contributed by atoms with Crippen molar-refractivity contribution in [2.24, 2.45) is 5.92 Å². The summed E-state index contributed by atoms with van der Waals surface area (Å²) < 4.78 is 4.98. The Morgan fingerprint density at radius 1 is 1.12 bits per heavy atom. The number of H-pyrrole nitrogens is 1. The molecule has 1 saturated heterocycles. The summed E-state index contributed by atoms with van der Waals surface area (Å²) in [5.74, 6) is 0.0481. The molecule has 2 aromatic rings. The van der Waals surface area contributed by atoms with Gasteiger partial charge in [0.05, 0.1) is 11.9 Å². The van der Waals surface area contributed by atoms with Gasteiger partial charge in [0, 0.05) is 32.6 Å². The van der Waals surface area contributed by atoms with Gasteiger partial charge in [-0.15, -0.1) is 0 Å². The van der Waals surface area contributed by atoms with Crippen LogP contribution in [0.3, 0.4) is 0 Å². The molecule has 7 heteroatoms. The van der Waals surface area contributed by atoms with Crippen LogP contribution in [0.5, 0.6) is 0 Å². The van der Waals surface area contributed by atoms with Crippen molar-refractivity contribution in [1.82, 2.24) is 14.8 Å². The third-order valence-electron chi connectivity index (χ3n) is 4.62. The van der Waals surface area contributed by atoms with Crippen LogP contribution in [0, 0.1) is 5.92 Å². The summed E-state index contributed by atoms with van der Waals surface area (Å²) >= 11 is 0. The van der Waals surface area contributed by atoms with E-state index in [4.69, 9.17) is 4.42 Å². The van der Waals surface area contributed by atoms with Crippen molar-refractivity contribution in [3.63, 3.8) is 0 Å². The first kappa shape index (κ1) is 18.2. The number of carbonyl (C=O) groups excluding carboxylic acids is 2. The maximum atomic E-state index is 12.6. The second kappa shape index (κ2) is 7.76. The number of nitrogens with zero attached hydrogens (tertiary/aromatic N) is 2. The van der Waals surface area contributed by atoms with Gasteiger partial charge < -0.3 is 14.2 Å². The topological polar surface area (TPSA) is 86.6 Å². The van der Waals surface area contributed by atoms with Crippen molar-refractivity contribution in [3.05, 3.63) is 34.3 Å². The van der Waals surface area contributed by atoms with Crippen molar-refractivity contribution in [3.8, 4) is 0 Å². The number of amides is 2. The molecule has 7 nitrogen and oxygen atoms in total. The highest BCUT2D eigenvalue weighted by molar-refractivity contribution is 5.81. The van der Waals surface area contributed by atoms with E-state index < -0.39 is 5.76 Å². The fraction of sp³-hybridized carbons (Fsp3) is 0.526. The Morgan fingerprint density at radius 3 is 2.50 bits per heavy atom. The third-order valence-corrected chi connectivity index (χ3v) is 4.62. The van der Waals surface area contributed by atoms with Gasteiger partial charge in [0.2, 0.25) is 11.8 Å². The quantitative estimate of drug-likeness (QED) is 0.901. The van der Waals surface area contributed by atoms with Gasteiger partial charge in [-0.1, -0.05) is 19.9 Å². The van der Waals surface area contributed by atoms with E-state index in [-0.39, 0.29) is 18.2 Å². The maximum absolute atomic E-state index is 12.6. The molecule has 0 radical (unpaired) electrons. The molecule has 1 aliphatic heterocycles. The minimum atomic E-state index is -0.498. The first-order valence-corrected chi connectivity index (χ1v) is 9.09. The Hall–Kier alpha value is -2.57. The standard InChI is InChI=1S/C19H25N3O4/c1-13(2)10-17(23)21-6-3-7-22(9-8-21)18(24)12-14-4-5-16-15(11-14)20-19(25)26-16/h4-5,11,13H,3,6-10,12H2,1-2H3,(H,20,25). The van der Waals surface area contributed by atoms with Gasteiger partial charge in [-0.05, 0) is 30.0 Å². The van der Waals surface area contributed by atoms with Gasteiger partial charge in [0.1, 0.15) is 0 Å². The third kappa shape index (κ3) is 4.33. The minimum Gasteiger partial charge on any atom is -0.408 e. The lowest BCUT2D eigenvalue weighted by atomic mass is 10.1. The smallest absolute Gasteiger partial charge is 0.408 e. The molecule has 26 heavy (non-hydrogen) atoms. The number of rotatable bonds is 4. The number of aromatic nitrogens is 1. The average Bonchev–Trinajstić information content (AvgIpc) is 2.79. The monoisotopic (exact) mass is 359 g/mol. The van der Waals surface area contributed by atoms with Crippen molar-refractivity contribution in [2.45, 2.75) is 33.1 Å². The fourth-order valence-electron chi connectivity index (χ4n) is 3.29. The van der Waals surface area contributed by atoms with Gasteiger partial charge in [-0.25, -0.2) is 4.79 Å². The summed E-state index contributed by atoms with van der Waals surface area (Å²) in [6.45, 7) is 6.59. The van der Waals surface area contributed by atoms with Crippen LogP contribution in [0.2, 0.25) is 0 Å². The fourth-order valence-corrected chi connectivity index (χ4v) is 3.29. The van der Waals surface area contributed by atoms with Crippen molar-refractivity contribution in [1.29, 1.82) is 0 Å². The second-order valence-corrected chi connectivity index (χ2v) is 7.23. The molecular formula is C19H25N3O4. The predicted octanol–water partition coefficient (Wildman–Crippen LogP) is 1.77. The SMILES string of the molecule is CC(C)CC(=O)N1CCCN(C(=O)Cc2ccc3oc(=O)[nH]c3c2)CC1. The Balaban J connectivity index is 1.60. The lowest BCUT2D eigenvalue weighted by molar-refractivity contribution is -0.133. The summed E-state index contributed by atoms with van der Waals surface area (Å²) in [5, 5.41) is 0. The van der Waals surface area contributed by atoms with Gasteiger partial charge in [-0.2, -0.15) is 0 Å². The van der Waals surface area contributed by atoms with Gasteiger partial charge in [0.15, 0.2) is 5.58 Å². The average molecular weight is 359 g/mol. The molecule has 0 aliphatic carbocycles. The normalized spacial score (nSPS) is 15.5. The lowest BCUT2D eigenvalue weighted by Crippen LogP contribution is -2.38. The van der Waals surface area contributed by atoms with Crippen LogP contribution in [0.4, 0.5) is 0 Å². The highest BCUT2D eigenvalue weighted by atomic mass is 16.4. The molecule has 0 saturated carbocycles. The number of nitrogens with one attached hydrogen (secondary N) is 1. The first-order chi connectivity index (χ1) is 12.4. The number of aromatic amines is 1. The number of benzene rings is 1. The molecule has 3 rings (SSSR count). The van der Waals surface area contributed by atoms with Gasteiger partial charge in [-0.3, -0.25) is 14.6 Å². The summed E-state index contributed by atoms with van der Waals surface area (Å²) in [6.07, 6.45) is 1.61. The molecule has 1 aromatic carbocycles. The number of carbonyl (C=O) groups is 2. The Morgan fingerprint density at radius 2 is 1.81 bits per heavy atom. The highest BCUT2D eigenvalue weighted by Crippen LogP contribution is 2.15. The van der Waals surface area contributed by atoms with Crippen molar-refractivity contribution in [2.75, 3.05) is 26.2 Å². The van der Waals surface area contributed by atoms with E-state index in [1.54, 1.807) is 18.2 Å². The first-order valence-electron chi connectivity index (χ1n) is 9.09. The van der Waals surface area contributed by atoms with Crippen LogP contribution in [0.1, 0.15) is 32.3 Å². The molecule has 1 fully saturated rings. The summed E-state index contributed by atoms with van der Waals surface area (Å²) in [6, 6.07) is 5.27. The molecule has 140 valence electrons. The molecule has 1 aliphatic rings. The van der Waals surface area contributed by atoms with E-state index in [9.17, 15) is 14.4 Å². The van der Waals surface area contributed by atoms with Crippen molar-refractivity contribution >= 4 is 22.9 Å². The van der Waals surface area contributed by atoms with E-state index >= 15 is 0 Å². The zero-order valence-electron chi connectivity index (χ0n) is 15.3. The van der Waals surface area contributed by atoms with E-state index in [1.807, 2.05) is 23.6 Å². The molecule has 2 amide bonds. The van der Waals surface area contributed by atoms with Crippen LogP contribution in [-0.4, -0.2) is 52.8 Å². The molecular weight excluding hydrogens is 334 g/mol. The van der Waals surface area contributed by atoms with E-state index in [0.29, 0.717) is 49.6 Å². The molecule has 1 N–H and O–H groups in total. The zero-order valence-corrected chi connectivity index (χ0v) is 15.3. The zero-order chi connectivity index (χ0) is 18.7. The molecule has 2 heterocycles. The van der Waals surface area contributed by atoms with Crippen LogP contribution < -0.4 is 5.76 Å².